The Morgan fingerprint density at radius 3 is 2.33 bits per heavy atom. The highest BCUT2D eigenvalue weighted by atomic mass is 32.1. The highest BCUT2D eigenvalue weighted by molar-refractivity contribution is 7.15. The molecule has 0 spiro atoms. The molecule has 1 aliphatic heterocycles. The van der Waals surface area contributed by atoms with Crippen molar-refractivity contribution in [3.05, 3.63) is 5.01 Å². The van der Waals surface area contributed by atoms with E-state index in [1.165, 1.54) is 30.6 Å². The largest absolute Gasteiger partial charge is 0.330 e. The summed E-state index contributed by atoms with van der Waals surface area (Å²) in [5.74, 6) is 2.79. The molecule has 164 valence electrons. The lowest BCUT2D eigenvalue weighted by Gasteiger charge is -2.56. The van der Waals surface area contributed by atoms with Gasteiger partial charge in [-0.2, -0.15) is 0 Å². The molecule has 0 aromatic carbocycles. The van der Waals surface area contributed by atoms with Crippen LogP contribution in [0.4, 0.5) is 5.13 Å². The molecular weight excluding hydrogens is 396 g/mol. The second-order valence-corrected chi connectivity index (χ2v) is 11.3. The summed E-state index contributed by atoms with van der Waals surface area (Å²) in [4.78, 5) is 28.8. The number of likely N-dealkylation sites (tertiary alicyclic amines) is 1. The average molecular weight is 431 g/mol. The molecule has 1 aromatic rings. The first kappa shape index (κ1) is 20.4. The molecular formula is C23H34N4O2S. The fourth-order valence-electron chi connectivity index (χ4n) is 7.24. The Labute approximate surface area is 183 Å². The van der Waals surface area contributed by atoms with Crippen LogP contribution < -0.4 is 5.32 Å². The van der Waals surface area contributed by atoms with Crippen LogP contribution in [-0.2, 0) is 9.59 Å². The third-order valence-corrected chi connectivity index (χ3v) is 9.32. The van der Waals surface area contributed by atoms with Crippen LogP contribution in [0, 0.1) is 23.2 Å². The molecule has 6 rings (SSSR count). The molecule has 2 heterocycles. The molecule has 30 heavy (non-hydrogen) atoms. The molecule has 5 aliphatic rings. The van der Waals surface area contributed by atoms with Gasteiger partial charge in [-0.25, -0.2) is 0 Å². The summed E-state index contributed by atoms with van der Waals surface area (Å²) in [7, 11) is 0. The molecule has 6 nitrogen and oxygen atoms in total. The third-order valence-electron chi connectivity index (χ3n) is 8.31. The minimum atomic E-state index is -0.356. The number of carbonyl (C=O) groups is 2. The summed E-state index contributed by atoms with van der Waals surface area (Å²) in [6.45, 7) is 5.02. The van der Waals surface area contributed by atoms with Crippen molar-refractivity contribution in [2.75, 3.05) is 11.9 Å². The smallest absolute Gasteiger partial charge is 0.249 e. The van der Waals surface area contributed by atoms with E-state index in [1.54, 1.807) is 0 Å². The van der Waals surface area contributed by atoms with Crippen molar-refractivity contribution in [3.8, 4) is 0 Å². The van der Waals surface area contributed by atoms with Gasteiger partial charge in [0, 0.05) is 12.5 Å². The molecule has 4 aliphatic carbocycles. The number of hydrogen-bond acceptors (Lipinski definition) is 5. The number of anilines is 1. The standard InChI is InChI=1S/C23H34N4O2S/c1-3-17(4-2)20-25-26-22(30-20)24-19(28)18-6-5-7-27(18)21(29)23-11-14-8-15(12-23)10-16(9-14)13-23/h14-18H,3-13H2,1-2H3,(H,24,26,28)/t14?,15?,16?,18-,23?/m1/s1. The summed E-state index contributed by atoms with van der Waals surface area (Å²) < 4.78 is 0. The second kappa shape index (κ2) is 7.88. The van der Waals surface area contributed by atoms with E-state index in [0.717, 1.165) is 67.7 Å². The van der Waals surface area contributed by atoms with Crippen LogP contribution in [0.25, 0.3) is 0 Å². The second-order valence-electron chi connectivity index (χ2n) is 10.3. The zero-order chi connectivity index (χ0) is 20.9. The van der Waals surface area contributed by atoms with Gasteiger partial charge in [0.05, 0.1) is 5.41 Å². The van der Waals surface area contributed by atoms with E-state index in [-0.39, 0.29) is 23.3 Å². The Morgan fingerprint density at radius 1 is 1.10 bits per heavy atom. The highest BCUT2D eigenvalue weighted by Crippen LogP contribution is 2.60. The van der Waals surface area contributed by atoms with Crippen LogP contribution in [0.15, 0.2) is 0 Å². The highest BCUT2D eigenvalue weighted by Gasteiger charge is 2.56. The number of aromatic nitrogens is 2. The monoisotopic (exact) mass is 430 g/mol. The molecule has 1 saturated heterocycles. The number of amides is 2. The first-order chi connectivity index (χ1) is 14.5. The third kappa shape index (κ3) is 3.47. The Kier molecular flexibility index (Phi) is 5.36. The molecule has 1 atom stereocenters. The quantitative estimate of drug-likeness (QED) is 0.716. The van der Waals surface area contributed by atoms with E-state index >= 15 is 0 Å². The first-order valence-corrected chi connectivity index (χ1v) is 12.8. The minimum absolute atomic E-state index is 0.0853. The summed E-state index contributed by atoms with van der Waals surface area (Å²) in [5.41, 5.74) is -0.178. The van der Waals surface area contributed by atoms with Crippen LogP contribution in [0.5, 0.6) is 0 Å². The molecule has 4 bridgehead atoms. The molecule has 4 saturated carbocycles. The normalized spacial score (nSPS) is 34.7. The van der Waals surface area contributed by atoms with E-state index in [9.17, 15) is 9.59 Å². The zero-order valence-electron chi connectivity index (χ0n) is 18.2. The van der Waals surface area contributed by atoms with E-state index < -0.39 is 0 Å². The van der Waals surface area contributed by atoms with Gasteiger partial charge in [0.1, 0.15) is 11.0 Å². The Morgan fingerprint density at radius 2 is 1.73 bits per heavy atom. The summed E-state index contributed by atoms with van der Waals surface area (Å²) in [5, 5.41) is 13.0. The van der Waals surface area contributed by atoms with E-state index in [1.807, 2.05) is 4.90 Å². The lowest BCUT2D eigenvalue weighted by molar-refractivity contribution is -0.160. The van der Waals surface area contributed by atoms with Crippen LogP contribution in [0.3, 0.4) is 0 Å². The predicted octanol–water partition coefficient (Wildman–Crippen LogP) is 4.59. The maximum atomic E-state index is 13.8. The van der Waals surface area contributed by atoms with E-state index in [0.29, 0.717) is 17.6 Å². The maximum absolute atomic E-state index is 13.8. The number of hydrogen-bond donors (Lipinski definition) is 1. The van der Waals surface area contributed by atoms with Crippen molar-refractivity contribution >= 4 is 28.3 Å². The molecule has 7 heteroatoms. The van der Waals surface area contributed by atoms with Crippen LogP contribution in [0.2, 0.25) is 0 Å². The van der Waals surface area contributed by atoms with Gasteiger partial charge < -0.3 is 4.90 Å². The van der Waals surface area contributed by atoms with Gasteiger partial charge in [0.15, 0.2) is 0 Å². The van der Waals surface area contributed by atoms with E-state index in [4.69, 9.17) is 0 Å². The molecule has 0 unspecified atom stereocenters. The van der Waals surface area contributed by atoms with Crippen molar-refractivity contribution in [3.63, 3.8) is 0 Å². The number of nitrogens with one attached hydrogen (secondary N) is 1. The topological polar surface area (TPSA) is 75.2 Å². The lowest BCUT2D eigenvalue weighted by Crippen LogP contribution is -2.56. The van der Waals surface area contributed by atoms with Gasteiger partial charge in [-0.3, -0.25) is 14.9 Å². The summed E-state index contributed by atoms with van der Waals surface area (Å²) in [6.07, 6.45) is 10.8. The number of rotatable bonds is 6. The van der Waals surface area contributed by atoms with Crippen LogP contribution in [-0.4, -0.2) is 39.5 Å². The van der Waals surface area contributed by atoms with Gasteiger partial charge in [-0.05, 0) is 82.0 Å². The SMILES string of the molecule is CCC(CC)c1nnc(NC(=O)[C@H]2CCCN2C(=O)C23CC4CC(CC(C4)C2)C3)s1. The predicted molar refractivity (Wildman–Crippen MR) is 117 cm³/mol. The fourth-order valence-corrected chi connectivity index (χ4v) is 8.25. The van der Waals surface area contributed by atoms with Gasteiger partial charge in [-0.1, -0.05) is 25.2 Å². The molecule has 5 fully saturated rings. The molecule has 2 amide bonds. The lowest BCUT2D eigenvalue weighted by atomic mass is 9.49. The summed E-state index contributed by atoms with van der Waals surface area (Å²) in [6, 6.07) is -0.356. The van der Waals surface area contributed by atoms with Crippen molar-refractivity contribution < 1.29 is 9.59 Å². The molecule has 0 radical (unpaired) electrons. The van der Waals surface area contributed by atoms with Crippen LogP contribution in [0.1, 0.15) is 89.0 Å². The van der Waals surface area contributed by atoms with Gasteiger partial charge in [-0.15, -0.1) is 10.2 Å². The number of carbonyl (C=O) groups excluding carboxylic acids is 2. The van der Waals surface area contributed by atoms with Crippen molar-refractivity contribution in [1.82, 2.24) is 15.1 Å². The van der Waals surface area contributed by atoms with Gasteiger partial charge >= 0.3 is 0 Å². The van der Waals surface area contributed by atoms with Crippen LogP contribution >= 0.6 is 11.3 Å². The fraction of sp³-hybridized carbons (Fsp3) is 0.826. The number of nitrogens with zero attached hydrogens (tertiary/aromatic N) is 3. The Hall–Kier alpha value is -1.50. The van der Waals surface area contributed by atoms with Crippen molar-refractivity contribution in [1.29, 1.82) is 0 Å². The first-order valence-electron chi connectivity index (χ1n) is 12.0. The molecule has 1 aromatic heterocycles. The van der Waals surface area contributed by atoms with E-state index in [2.05, 4.69) is 29.4 Å². The Balaban J connectivity index is 1.28. The van der Waals surface area contributed by atoms with Crippen molar-refractivity contribution in [2.24, 2.45) is 23.2 Å². The summed E-state index contributed by atoms with van der Waals surface area (Å²) >= 11 is 1.48. The minimum Gasteiger partial charge on any atom is -0.330 e. The van der Waals surface area contributed by atoms with Gasteiger partial charge in [0.25, 0.3) is 0 Å². The molecule has 1 N–H and O–H groups in total. The van der Waals surface area contributed by atoms with Crippen molar-refractivity contribution in [2.45, 2.75) is 90.0 Å². The Bertz CT molecular complexity index is 783. The zero-order valence-corrected chi connectivity index (χ0v) is 19.0. The maximum Gasteiger partial charge on any atom is 0.249 e. The average Bonchev–Trinajstić information content (AvgIpc) is 3.37. The van der Waals surface area contributed by atoms with Gasteiger partial charge in [0.2, 0.25) is 16.9 Å².